The van der Waals surface area contributed by atoms with Gasteiger partial charge in [-0.1, -0.05) is 39.1 Å². The molecule has 2 rings (SSSR count). The summed E-state index contributed by atoms with van der Waals surface area (Å²) >= 11 is 14.8. The lowest BCUT2D eigenvalue weighted by atomic mass is 10.2. The Morgan fingerprint density at radius 2 is 1.80 bits per heavy atom. The highest BCUT2D eigenvalue weighted by molar-refractivity contribution is 9.10. The number of carbonyl (C=O) groups is 1. The molecule has 0 radical (unpaired) electrons. The molecule has 3 nitrogen and oxygen atoms in total. The fourth-order valence-electron chi connectivity index (χ4n) is 1.53. The zero-order valence-electron chi connectivity index (χ0n) is 9.88. The number of carbonyl (C=O) groups excluding carboxylic acids is 1. The largest absolute Gasteiger partial charge is 0.396 e. The van der Waals surface area contributed by atoms with Gasteiger partial charge in [-0.25, -0.2) is 4.39 Å². The van der Waals surface area contributed by atoms with Gasteiger partial charge in [0.05, 0.1) is 21.3 Å². The fraction of sp³-hybridized carbons (Fsp3) is 0. The summed E-state index contributed by atoms with van der Waals surface area (Å²) in [4.78, 5) is 12.0. The number of nitrogens with two attached hydrogens (primary N) is 1. The maximum absolute atomic E-state index is 13.7. The average molecular weight is 378 g/mol. The van der Waals surface area contributed by atoms with Crippen LogP contribution in [-0.4, -0.2) is 5.91 Å². The molecule has 0 aromatic heterocycles. The number of hydrogen-bond acceptors (Lipinski definition) is 2. The van der Waals surface area contributed by atoms with Crippen LogP contribution in [0, 0.1) is 5.82 Å². The van der Waals surface area contributed by atoms with Gasteiger partial charge >= 0.3 is 0 Å². The minimum atomic E-state index is -0.635. The smallest absolute Gasteiger partial charge is 0.258 e. The van der Waals surface area contributed by atoms with Crippen molar-refractivity contribution in [3.05, 3.63) is 56.2 Å². The third kappa shape index (κ3) is 3.23. The van der Waals surface area contributed by atoms with Gasteiger partial charge in [-0.05, 0) is 30.3 Å². The van der Waals surface area contributed by atoms with Crippen molar-refractivity contribution >= 4 is 56.4 Å². The van der Waals surface area contributed by atoms with E-state index >= 15 is 0 Å². The van der Waals surface area contributed by atoms with E-state index in [4.69, 9.17) is 28.9 Å². The van der Waals surface area contributed by atoms with Crippen LogP contribution in [0.2, 0.25) is 10.0 Å². The number of nitrogen functional groups attached to an aromatic ring is 1. The van der Waals surface area contributed by atoms with Crippen LogP contribution in [0.4, 0.5) is 15.8 Å². The van der Waals surface area contributed by atoms with Crippen LogP contribution in [0.3, 0.4) is 0 Å². The van der Waals surface area contributed by atoms with Crippen molar-refractivity contribution in [2.24, 2.45) is 0 Å². The molecule has 0 bridgehead atoms. The molecule has 104 valence electrons. The van der Waals surface area contributed by atoms with E-state index in [1.807, 2.05) is 0 Å². The number of nitrogens with one attached hydrogen (secondary N) is 1. The van der Waals surface area contributed by atoms with E-state index in [9.17, 15) is 9.18 Å². The summed E-state index contributed by atoms with van der Waals surface area (Å²) in [7, 11) is 0. The van der Waals surface area contributed by atoms with Crippen molar-refractivity contribution in [2.45, 2.75) is 0 Å². The summed E-state index contributed by atoms with van der Waals surface area (Å²) in [5.74, 6) is -1.24. The van der Waals surface area contributed by atoms with Crippen LogP contribution in [0.25, 0.3) is 0 Å². The van der Waals surface area contributed by atoms with Gasteiger partial charge in [0.15, 0.2) is 0 Å². The SMILES string of the molecule is Nc1c(Cl)cc(NC(=O)c2ccc(Br)cc2F)cc1Cl. The van der Waals surface area contributed by atoms with Crippen molar-refractivity contribution in [1.82, 2.24) is 0 Å². The molecule has 0 unspecified atom stereocenters. The van der Waals surface area contributed by atoms with Crippen LogP contribution in [0.15, 0.2) is 34.8 Å². The van der Waals surface area contributed by atoms with Gasteiger partial charge in [0.2, 0.25) is 0 Å². The van der Waals surface area contributed by atoms with Gasteiger partial charge < -0.3 is 11.1 Å². The number of anilines is 2. The predicted octanol–water partition coefficient (Wildman–Crippen LogP) is 4.73. The summed E-state index contributed by atoms with van der Waals surface area (Å²) in [5, 5.41) is 2.93. The summed E-state index contributed by atoms with van der Waals surface area (Å²) < 4.78 is 14.2. The Bertz CT molecular complexity index is 671. The summed E-state index contributed by atoms with van der Waals surface area (Å²) in [5.41, 5.74) is 6.06. The van der Waals surface area contributed by atoms with Crippen molar-refractivity contribution in [3.8, 4) is 0 Å². The molecule has 2 aromatic carbocycles. The van der Waals surface area contributed by atoms with E-state index in [1.165, 1.54) is 24.3 Å². The molecule has 0 aliphatic rings. The molecule has 0 aliphatic heterocycles. The summed E-state index contributed by atoms with van der Waals surface area (Å²) in [6.45, 7) is 0. The number of amides is 1. The fourth-order valence-corrected chi connectivity index (χ4v) is 2.35. The molecule has 0 aliphatic carbocycles. The molecule has 20 heavy (non-hydrogen) atoms. The van der Waals surface area contributed by atoms with Gasteiger partial charge in [0.25, 0.3) is 5.91 Å². The van der Waals surface area contributed by atoms with Crippen LogP contribution < -0.4 is 11.1 Å². The number of benzene rings is 2. The van der Waals surface area contributed by atoms with Crippen LogP contribution in [-0.2, 0) is 0 Å². The Balaban J connectivity index is 2.28. The van der Waals surface area contributed by atoms with Crippen molar-refractivity contribution in [2.75, 3.05) is 11.1 Å². The molecule has 3 N–H and O–H groups in total. The second-order valence-corrected chi connectivity index (χ2v) is 5.66. The molecular formula is C13H8BrCl2FN2O. The molecule has 2 aromatic rings. The highest BCUT2D eigenvalue weighted by atomic mass is 79.9. The Morgan fingerprint density at radius 1 is 1.20 bits per heavy atom. The second-order valence-electron chi connectivity index (χ2n) is 3.93. The maximum atomic E-state index is 13.7. The first kappa shape index (κ1) is 15.1. The third-order valence-corrected chi connectivity index (χ3v) is 3.63. The lowest BCUT2D eigenvalue weighted by Crippen LogP contribution is -2.13. The predicted molar refractivity (Wildman–Crippen MR) is 82.9 cm³/mol. The zero-order chi connectivity index (χ0) is 14.9. The molecule has 0 saturated carbocycles. The molecule has 1 amide bonds. The van der Waals surface area contributed by atoms with E-state index < -0.39 is 11.7 Å². The highest BCUT2D eigenvalue weighted by Gasteiger charge is 2.13. The van der Waals surface area contributed by atoms with Gasteiger partial charge in [0.1, 0.15) is 5.82 Å². The molecule has 0 spiro atoms. The normalized spacial score (nSPS) is 10.4. The van der Waals surface area contributed by atoms with Gasteiger partial charge in [-0.2, -0.15) is 0 Å². The minimum absolute atomic E-state index is 0.0859. The Labute approximate surface area is 133 Å². The zero-order valence-corrected chi connectivity index (χ0v) is 13.0. The lowest BCUT2D eigenvalue weighted by Gasteiger charge is -2.09. The molecule has 0 heterocycles. The van der Waals surface area contributed by atoms with Crippen molar-refractivity contribution in [1.29, 1.82) is 0 Å². The topological polar surface area (TPSA) is 55.1 Å². The van der Waals surface area contributed by atoms with E-state index in [0.29, 0.717) is 10.2 Å². The standard InChI is InChI=1S/C13H8BrCl2FN2O/c14-6-1-2-8(11(17)3-6)13(20)19-7-4-9(15)12(18)10(16)5-7/h1-5H,18H2,(H,19,20). The molecular weight excluding hydrogens is 370 g/mol. The highest BCUT2D eigenvalue weighted by Crippen LogP contribution is 2.31. The minimum Gasteiger partial charge on any atom is -0.396 e. The van der Waals surface area contributed by atoms with Gasteiger partial charge in [-0.15, -0.1) is 0 Å². The molecule has 0 fully saturated rings. The average Bonchev–Trinajstić information content (AvgIpc) is 2.35. The third-order valence-electron chi connectivity index (χ3n) is 2.51. The number of halogens is 4. The molecule has 0 saturated heterocycles. The lowest BCUT2D eigenvalue weighted by molar-refractivity contribution is 0.102. The maximum Gasteiger partial charge on any atom is 0.258 e. The van der Waals surface area contributed by atoms with Crippen LogP contribution in [0.1, 0.15) is 10.4 Å². The van der Waals surface area contributed by atoms with E-state index in [0.717, 1.165) is 0 Å². The van der Waals surface area contributed by atoms with Crippen molar-refractivity contribution < 1.29 is 9.18 Å². The Kier molecular flexibility index (Phi) is 4.52. The Morgan fingerprint density at radius 3 is 2.35 bits per heavy atom. The van der Waals surface area contributed by atoms with E-state index in [-0.39, 0.29) is 21.3 Å². The summed E-state index contributed by atoms with van der Waals surface area (Å²) in [6.07, 6.45) is 0. The molecule has 7 heteroatoms. The quantitative estimate of drug-likeness (QED) is 0.743. The van der Waals surface area contributed by atoms with Gasteiger partial charge in [-0.3, -0.25) is 4.79 Å². The van der Waals surface area contributed by atoms with E-state index in [2.05, 4.69) is 21.2 Å². The van der Waals surface area contributed by atoms with Gasteiger partial charge in [0, 0.05) is 10.2 Å². The van der Waals surface area contributed by atoms with Crippen LogP contribution >= 0.6 is 39.1 Å². The first-order valence-corrected chi connectivity index (χ1v) is 6.94. The first-order valence-electron chi connectivity index (χ1n) is 5.39. The first-order chi connectivity index (χ1) is 9.38. The van der Waals surface area contributed by atoms with Crippen LogP contribution in [0.5, 0.6) is 0 Å². The van der Waals surface area contributed by atoms with Crippen molar-refractivity contribution in [3.63, 3.8) is 0 Å². The number of rotatable bonds is 2. The second kappa shape index (κ2) is 5.99. The molecule has 0 atom stereocenters. The monoisotopic (exact) mass is 376 g/mol. The number of hydrogen-bond donors (Lipinski definition) is 2. The summed E-state index contributed by atoms with van der Waals surface area (Å²) in [6, 6.07) is 7.03. The Hall–Kier alpha value is -1.30. The van der Waals surface area contributed by atoms with E-state index in [1.54, 1.807) is 6.07 Å².